The number of hydrogen-bond acceptors (Lipinski definition) is 3. The van der Waals surface area contributed by atoms with Crippen molar-refractivity contribution in [2.45, 2.75) is 32.9 Å². The number of amides is 2. The molecule has 118 valence electrons. The lowest BCUT2D eigenvalue weighted by molar-refractivity contribution is -0.143. The molecule has 1 aromatic carbocycles. The van der Waals surface area contributed by atoms with Gasteiger partial charge in [-0.3, -0.25) is 0 Å². The second kappa shape index (κ2) is 6.17. The van der Waals surface area contributed by atoms with E-state index < -0.39 is 17.8 Å². The molecule has 1 N–H and O–H groups in total. The number of benzene rings is 1. The van der Waals surface area contributed by atoms with E-state index in [0.717, 1.165) is 0 Å². The average Bonchev–Trinajstić information content (AvgIpc) is 2.43. The Labute approximate surface area is 128 Å². The van der Waals surface area contributed by atoms with Crippen LogP contribution in [0, 0.1) is 5.82 Å². The topological polar surface area (TPSA) is 58.6 Å². The van der Waals surface area contributed by atoms with Crippen LogP contribution in [0.4, 0.5) is 9.18 Å². The first-order valence-electron chi connectivity index (χ1n) is 7.02. The van der Waals surface area contributed by atoms with Crippen molar-refractivity contribution in [1.82, 2.24) is 10.2 Å². The molecule has 1 atom stereocenters. The van der Waals surface area contributed by atoms with Gasteiger partial charge in [-0.25, -0.2) is 14.0 Å². The average molecular weight is 306 g/mol. The molecule has 0 unspecified atom stereocenters. The van der Waals surface area contributed by atoms with E-state index in [9.17, 15) is 14.0 Å². The van der Waals surface area contributed by atoms with E-state index in [1.165, 1.54) is 23.1 Å². The number of carbonyl (C=O) groups excluding carboxylic acids is 2. The molecule has 0 fully saturated rings. The monoisotopic (exact) mass is 306 g/mol. The number of esters is 1. The number of urea groups is 1. The standard InChI is InChI=1S/C16H19FN2O3/c1-9(2)22-15(20)13-10(3)19(4)16(21)18-14(13)11-6-5-7-12(17)8-11/h5-9,14H,1-4H3,(H,18,21)/t14-/m0/s1. The van der Waals surface area contributed by atoms with Crippen molar-refractivity contribution in [1.29, 1.82) is 0 Å². The van der Waals surface area contributed by atoms with Crippen LogP contribution in [0.15, 0.2) is 35.5 Å². The van der Waals surface area contributed by atoms with Gasteiger partial charge in [-0.1, -0.05) is 12.1 Å². The van der Waals surface area contributed by atoms with Crippen LogP contribution in [0.1, 0.15) is 32.4 Å². The maximum atomic E-state index is 13.5. The highest BCUT2D eigenvalue weighted by molar-refractivity contribution is 5.95. The van der Waals surface area contributed by atoms with Crippen LogP contribution < -0.4 is 5.32 Å². The van der Waals surface area contributed by atoms with Gasteiger partial charge in [0.15, 0.2) is 0 Å². The highest BCUT2D eigenvalue weighted by Gasteiger charge is 2.35. The van der Waals surface area contributed by atoms with Gasteiger partial charge in [0.05, 0.1) is 17.7 Å². The molecule has 0 spiro atoms. The van der Waals surface area contributed by atoms with E-state index in [1.807, 2.05) is 0 Å². The quantitative estimate of drug-likeness (QED) is 0.874. The molecule has 6 heteroatoms. The number of carbonyl (C=O) groups is 2. The highest BCUT2D eigenvalue weighted by Crippen LogP contribution is 2.31. The minimum Gasteiger partial charge on any atom is -0.459 e. The molecule has 2 amide bonds. The van der Waals surface area contributed by atoms with Crippen molar-refractivity contribution in [2.75, 3.05) is 7.05 Å². The number of nitrogens with zero attached hydrogens (tertiary/aromatic N) is 1. The normalized spacial score (nSPS) is 18.5. The molecule has 1 aliphatic rings. The number of rotatable bonds is 3. The molecule has 0 bridgehead atoms. The lowest BCUT2D eigenvalue weighted by atomic mass is 9.95. The summed E-state index contributed by atoms with van der Waals surface area (Å²) in [4.78, 5) is 25.7. The van der Waals surface area contributed by atoms with Crippen LogP contribution >= 0.6 is 0 Å². The predicted octanol–water partition coefficient (Wildman–Crippen LogP) is 2.75. The van der Waals surface area contributed by atoms with Gasteiger partial charge in [0, 0.05) is 12.7 Å². The van der Waals surface area contributed by atoms with E-state index in [-0.39, 0.29) is 12.1 Å². The number of halogens is 1. The van der Waals surface area contributed by atoms with Crippen molar-refractivity contribution in [3.05, 3.63) is 46.9 Å². The van der Waals surface area contributed by atoms with E-state index in [1.54, 1.807) is 33.9 Å². The minimum atomic E-state index is -0.731. The number of allylic oxidation sites excluding steroid dienone is 1. The number of hydrogen-bond donors (Lipinski definition) is 1. The van der Waals surface area contributed by atoms with Crippen molar-refractivity contribution >= 4 is 12.0 Å². The second-order valence-corrected chi connectivity index (χ2v) is 5.45. The summed E-state index contributed by atoms with van der Waals surface area (Å²) in [5, 5.41) is 2.71. The predicted molar refractivity (Wildman–Crippen MR) is 79.4 cm³/mol. The fourth-order valence-corrected chi connectivity index (χ4v) is 2.31. The SMILES string of the molecule is CC1=C(C(=O)OC(C)C)[C@H](c2cccc(F)c2)NC(=O)N1C. The summed E-state index contributed by atoms with van der Waals surface area (Å²) < 4.78 is 18.7. The molecule has 1 heterocycles. The second-order valence-electron chi connectivity index (χ2n) is 5.45. The largest absolute Gasteiger partial charge is 0.459 e. The van der Waals surface area contributed by atoms with Gasteiger partial charge in [0.2, 0.25) is 0 Å². The Morgan fingerprint density at radius 3 is 2.68 bits per heavy atom. The maximum absolute atomic E-state index is 13.5. The van der Waals surface area contributed by atoms with Gasteiger partial charge in [0.1, 0.15) is 5.82 Å². The van der Waals surface area contributed by atoms with Crippen LogP contribution in [-0.2, 0) is 9.53 Å². The van der Waals surface area contributed by atoms with E-state index in [0.29, 0.717) is 16.8 Å². The Morgan fingerprint density at radius 2 is 2.09 bits per heavy atom. The zero-order valence-electron chi connectivity index (χ0n) is 13.0. The third-order valence-corrected chi connectivity index (χ3v) is 3.50. The molecule has 1 aliphatic heterocycles. The zero-order chi connectivity index (χ0) is 16.4. The van der Waals surface area contributed by atoms with Crippen LogP contribution in [-0.4, -0.2) is 30.1 Å². The van der Waals surface area contributed by atoms with Crippen LogP contribution in [0.5, 0.6) is 0 Å². The first-order chi connectivity index (χ1) is 10.3. The summed E-state index contributed by atoms with van der Waals surface area (Å²) in [6.45, 7) is 5.16. The van der Waals surface area contributed by atoms with Gasteiger partial charge >= 0.3 is 12.0 Å². The molecular formula is C16H19FN2O3. The van der Waals surface area contributed by atoms with Gasteiger partial charge in [-0.05, 0) is 38.5 Å². The smallest absolute Gasteiger partial charge is 0.338 e. The van der Waals surface area contributed by atoms with E-state index in [2.05, 4.69) is 5.32 Å². The van der Waals surface area contributed by atoms with Gasteiger partial charge in [-0.2, -0.15) is 0 Å². The fourth-order valence-electron chi connectivity index (χ4n) is 2.31. The van der Waals surface area contributed by atoms with E-state index >= 15 is 0 Å². The van der Waals surface area contributed by atoms with Crippen molar-refractivity contribution in [2.24, 2.45) is 0 Å². The van der Waals surface area contributed by atoms with Crippen LogP contribution in [0.3, 0.4) is 0 Å². The molecule has 22 heavy (non-hydrogen) atoms. The lowest BCUT2D eigenvalue weighted by Gasteiger charge is -2.33. The summed E-state index contributed by atoms with van der Waals surface area (Å²) >= 11 is 0. The van der Waals surface area contributed by atoms with Crippen molar-refractivity contribution in [3.63, 3.8) is 0 Å². The fraction of sp³-hybridized carbons (Fsp3) is 0.375. The molecule has 0 radical (unpaired) electrons. The zero-order valence-corrected chi connectivity index (χ0v) is 13.0. The summed E-state index contributed by atoms with van der Waals surface area (Å²) in [5.74, 6) is -0.950. The lowest BCUT2D eigenvalue weighted by Crippen LogP contribution is -2.46. The molecule has 0 aromatic heterocycles. The first kappa shape index (κ1) is 16.0. The first-order valence-corrected chi connectivity index (χ1v) is 7.02. The molecule has 0 saturated heterocycles. The van der Waals surface area contributed by atoms with Crippen molar-refractivity contribution in [3.8, 4) is 0 Å². The Bertz CT molecular complexity index is 640. The Kier molecular flexibility index (Phi) is 4.49. The summed E-state index contributed by atoms with van der Waals surface area (Å²) in [5.41, 5.74) is 1.29. The maximum Gasteiger partial charge on any atom is 0.338 e. The number of nitrogens with one attached hydrogen (secondary N) is 1. The van der Waals surface area contributed by atoms with E-state index in [4.69, 9.17) is 4.74 Å². The molecule has 0 aliphatic carbocycles. The summed E-state index contributed by atoms with van der Waals surface area (Å²) in [6.07, 6.45) is -0.288. The molecule has 5 nitrogen and oxygen atoms in total. The molecular weight excluding hydrogens is 287 g/mol. The molecule has 2 rings (SSSR count). The van der Waals surface area contributed by atoms with Crippen molar-refractivity contribution < 1.29 is 18.7 Å². The van der Waals surface area contributed by atoms with Gasteiger partial charge in [0.25, 0.3) is 0 Å². The Hall–Kier alpha value is -2.37. The molecule has 1 aromatic rings. The molecule has 0 saturated carbocycles. The third-order valence-electron chi connectivity index (χ3n) is 3.50. The highest BCUT2D eigenvalue weighted by atomic mass is 19.1. The Morgan fingerprint density at radius 1 is 1.41 bits per heavy atom. The minimum absolute atomic E-state index is 0.288. The van der Waals surface area contributed by atoms with Crippen LogP contribution in [0.2, 0.25) is 0 Å². The summed E-state index contributed by atoms with van der Waals surface area (Å²) in [7, 11) is 1.56. The number of ether oxygens (including phenoxy) is 1. The van der Waals surface area contributed by atoms with Gasteiger partial charge < -0.3 is 15.0 Å². The Balaban J connectivity index is 2.50. The third kappa shape index (κ3) is 3.10. The van der Waals surface area contributed by atoms with Gasteiger partial charge in [-0.15, -0.1) is 0 Å². The summed E-state index contributed by atoms with van der Waals surface area (Å²) in [6, 6.07) is 4.72. The van der Waals surface area contributed by atoms with Crippen LogP contribution in [0.25, 0.3) is 0 Å².